The van der Waals surface area contributed by atoms with Crippen molar-refractivity contribution < 1.29 is 9.53 Å². The van der Waals surface area contributed by atoms with E-state index in [1.54, 1.807) is 0 Å². The number of esters is 1. The number of carbonyl (C=O) groups excluding carboxylic acids is 1. The van der Waals surface area contributed by atoms with Crippen LogP contribution in [0.15, 0.2) is 24.3 Å². The lowest BCUT2D eigenvalue weighted by Gasteiger charge is -2.24. The van der Waals surface area contributed by atoms with Crippen molar-refractivity contribution in [3.05, 3.63) is 29.8 Å². The summed E-state index contributed by atoms with van der Waals surface area (Å²) >= 11 is 0. The van der Waals surface area contributed by atoms with E-state index >= 15 is 0 Å². The molecule has 0 aromatic heterocycles. The molecule has 1 aliphatic carbocycles. The van der Waals surface area contributed by atoms with Gasteiger partial charge < -0.3 is 4.74 Å². The molecule has 2 nitrogen and oxygen atoms in total. The summed E-state index contributed by atoms with van der Waals surface area (Å²) in [6.07, 6.45) is 4.27. The van der Waals surface area contributed by atoms with Gasteiger partial charge in [0.15, 0.2) is 0 Å². The Morgan fingerprint density at radius 3 is 2.39 bits per heavy atom. The van der Waals surface area contributed by atoms with Crippen LogP contribution in [-0.4, -0.2) is 16.2 Å². The van der Waals surface area contributed by atoms with E-state index in [0.29, 0.717) is 5.75 Å². The van der Waals surface area contributed by atoms with Gasteiger partial charge in [-0.2, -0.15) is 0 Å². The molecular formula is C15H22O2Si. The second-order valence-corrected chi connectivity index (χ2v) is 6.08. The van der Waals surface area contributed by atoms with E-state index in [0.717, 1.165) is 37.6 Å². The minimum atomic E-state index is -0.0412. The maximum Gasteiger partial charge on any atom is 0.314 e. The van der Waals surface area contributed by atoms with Crippen molar-refractivity contribution in [2.24, 2.45) is 11.8 Å². The fraction of sp³-hybridized carbons (Fsp3) is 0.533. The van der Waals surface area contributed by atoms with Crippen LogP contribution >= 0.6 is 0 Å². The highest BCUT2D eigenvalue weighted by Crippen LogP contribution is 2.29. The number of benzene rings is 1. The van der Waals surface area contributed by atoms with Crippen molar-refractivity contribution in [3.8, 4) is 5.75 Å². The number of hydrogen-bond acceptors (Lipinski definition) is 2. The number of rotatable bonds is 3. The van der Waals surface area contributed by atoms with E-state index in [1.807, 2.05) is 12.1 Å². The molecule has 0 spiro atoms. The van der Waals surface area contributed by atoms with Gasteiger partial charge >= 0.3 is 5.97 Å². The van der Waals surface area contributed by atoms with E-state index in [-0.39, 0.29) is 11.9 Å². The molecule has 0 heterocycles. The first-order chi connectivity index (χ1) is 8.69. The summed E-state index contributed by atoms with van der Waals surface area (Å²) < 4.78 is 5.46. The summed E-state index contributed by atoms with van der Waals surface area (Å²) in [5.41, 5.74) is 1.33. The molecule has 1 aliphatic rings. The SMILES string of the molecule is CC1CCC(C(=O)Oc2ccc(C[SiH3])cc2)CC1. The third kappa shape index (κ3) is 3.45. The van der Waals surface area contributed by atoms with Crippen LogP contribution in [0.1, 0.15) is 38.2 Å². The van der Waals surface area contributed by atoms with Crippen molar-refractivity contribution in [3.63, 3.8) is 0 Å². The average Bonchev–Trinajstić information content (AvgIpc) is 2.40. The largest absolute Gasteiger partial charge is 0.426 e. The van der Waals surface area contributed by atoms with Crippen LogP contribution in [-0.2, 0) is 10.8 Å². The fourth-order valence-electron chi connectivity index (χ4n) is 2.49. The zero-order chi connectivity index (χ0) is 13.0. The van der Waals surface area contributed by atoms with Gasteiger partial charge in [0, 0.05) is 10.2 Å². The van der Waals surface area contributed by atoms with E-state index in [2.05, 4.69) is 19.1 Å². The molecule has 98 valence electrons. The third-order valence-electron chi connectivity index (χ3n) is 3.90. The summed E-state index contributed by atoms with van der Waals surface area (Å²) in [6.45, 7) is 2.26. The highest BCUT2D eigenvalue weighted by Gasteiger charge is 2.25. The molecule has 1 fully saturated rings. The van der Waals surface area contributed by atoms with E-state index in [9.17, 15) is 4.79 Å². The van der Waals surface area contributed by atoms with Crippen molar-refractivity contribution in [2.45, 2.75) is 38.7 Å². The molecule has 1 saturated carbocycles. The molecule has 3 heteroatoms. The van der Waals surface area contributed by atoms with Crippen LogP contribution in [0.3, 0.4) is 0 Å². The summed E-state index contributed by atoms with van der Waals surface area (Å²) in [4.78, 5) is 12.0. The molecule has 0 bridgehead atoms. The van der Waals surface area contributed by atoms with Gasteiger partial charge in [-0.1, -0.05) is 24.6 Å². The summed E-state index contributed by atoms with van der Waals surface area (Å²) in [7, 11) is 1.17. The summed E-state index contributed by atoms with van der Waals surface area (Å²) in [5, 5.41) is 0. The first kappa shape index (κ1) is 13.3. The van der Waals surface area contributed by atoms with Gasteiger partial charge in [-0.05, 0) is 49.8 Å². The Hall–Kier alpha value is -1.09. The minimum Gasteiger partial charge on any atom is -0.426 e. The Labute approximate surface area is 112 Å². The molecule has 0 atom stereocenters. The lowest BCUT2D eigenvalue weighted by molar-refractivity contribution is -0.140. The first-order valence-corrected chi connectivity index (χ1v) is 8.41. The highest BCUT2D eigenvalue weighted by atomic mass is 28.1. The molecule has 0 amide bonds. The number of carbonyl (C=O) groups is 1. The zero-order valence-electron chi connectivity index (χ0n) is 11.3. The molecule has 1 aromatic rings. The Balaban J connectivity index is 1.90. The third-order valence-corrected chi connectivity index (χ3v) is 4.72. The van der Waals surface area contributed by atoms with Gasteiger partial charge in [-0.25, -0.2) is 0 Å². The maximum atomic E-state index is 12.0. The second-order valence-electron chi connectivity index (χ2n) is 5.38. The summed E-state index contributed by atoms with van der Waals surface area (Å²) in [5.74, 6) is 1.53. The van der Waals surface area contributed by atoms with Crippen molar-refractivity contribution >= 4 is 16.2 Å². The maximum absolute atomic E-state index is 12.0. The molecule has 1 aromatic carbocycles. The van der Waals surface area contributed by atoms with Crippen LogP contribution in [0.2, 0.25) is 0 Å². The van der Waals surface area contributed by atoms with Gasteiger partial charge in [-0.15, -0.1) is 0 Å². The van der Waals surface area contributed by atoms with Crippen molar-refractivity contribution in [1.29, 1.82) is 0 Å². The number of hydrogen-bond donors (Lipinski definition) is 0. The fourth-order valence-corrected chi connectivity index (χ4v) is 2.96. The van der Waals surface area contributed by atoms with Crippen molar-refractivity contribution in [2.75, 3.05) is 0 Å². The zero-order valence-corrected chi connectivity index (χ0v) is 13.3. The minimum absolute atomic E-state index is 0.0412. The predicted octanol–water partition coefficient (Wildman–Crippen LogP) is 2.28. The first-order valence-electron chi connectivity index (χ1n) is 6.99. The van der Waals surface area contributed by atoms with Crippen LogP contribution in [0.4, 0.5) is 0 Å². The van der Waals surface area contributed by atoms with Gasteiger partial charge in [0.2, 0.25) is 0 Å². The molecule has 0 radical (unpaired) electrons. The van der Waals surface area contributed by atoms with Crippen LogP contribution < -0.4 is 4.74 Å². The Bertz CT molecular complexity index is 391. The van der Waals surface area contributed by atoms with Gasteiger partial charge in [0.1, 0.15) is 5.75 Å². The molecule has 0 aliphatic heterocycles. The topological polar surface area (TPSA) is 26.3 Å². The van der Waals surface area contributed by atoms with Crippen LogP contribution in [0.5, 0.6) is 5.75 Å². The van der Waals surface area contributed by atoms with E-state index < -0.39 is 0 Å². The summed E-state index contributed by atoms with van der Waals surface area (Å²) in [6, 6.07) is 9.08. The molecule has 0 saturated heterocycles. The molecular weight excluding hydrogens is 240 g/mol. The Kier molecular flexibility index (Phi) is 4.58. The lowest BCUT2D eigenvalue weighted by atomic mass is 9.83. The van der Waals surface area contributed by atoms with Gasteiger partial charge in [-0.3, -0.25) is 4.79 Å². The number of ether oxygens (including phenoxy) is 1. The highest BCUT2D eigenvalue weighted by molar-refractivity contribution is 6.08. The standard InChI is InChI=1S/C15H22O2Si/c1-11-2-6-13(7-3-11)15(16)17-14-8-4-12(10-18)5-9-14/h4-5,8-9,11,13H,2-3,6-7,10H2,1,18H3. The predicted molar refractivity (Wildman–Crippen MR) is 76.8 cm³/mol. The molecule has 0 unspecified atom stereocenters. The molecule has 18 heavy (non-hydrogen) atoms. The van der Waals surface area contributed by atoms with Gasteiger partial charge in [0.25, 0.3) is 0 Å². The lowest BCUT2D eigenvalue weighted by Crippen LogP contribution is -2.24. The molecule has 2 rings (SSSR count). The van der Waals surface area contributed by atoms with Gasteiger partial charge in [0.05, 0.1) is 5.92 Å². The van der Waals surface area contributed by atoms with E-state index in [4.69, 9.17) is 4.74 Å². The molecule has 0 N–H and O–H groups in total. The average molecular weight is 262 g/mol. The quantitative estimate of drug-likeness (QED) is 0.474. The van der Waals surface area contributed by atoms with E-state index in [1.165, 1.54) is 15.8 Å². The normalized spacial score (nSPS) is 23.8. The monoisotopic (exact) mass is 262 g/mol. The smallest absolute Gasteiger partial charge is 0.314 e. The second kappa shape index (κ2) is 6.18. The van der Waals surface area contributed by atoms with Crippen molar-refractivity contribution in [1.82, 2.24) is 0 Å². The van der Waals surface area contributed by atoms with Crippen LogP contribution in [0.25, 0.3) is 0 Å². The Morgan fingerprint density at radius 2 is 1.83 bits per heavy atom. The van der Waals surface area contributed by atoms with Crippen LogP contribution in [0, 0.1) is 11.8 Å². The Morgan fingerprint density at radius 1 is 1.22 bits per heavy atom.